The Hall–Kier alpha value is -4.47. The highest BCUT2D eigenvalue weighted by Crippen LogP contribution is 2.48. The molecule has 0 fully saturated rings. The summed E-state index contributed by atoms with van der Waals surface area (Å²) in [4.78, 5) is 25.8. The number of primary amides is 1. The highest BCUT2D eigenvalue weighted by atomic mass is 35.5. The summed E-state index contributed by atoms with van der Waals surface area (Å²) in [5, 5.41) is 16.2. The molecule has 3 aromatic carbocycles. The molecule has 2 heterocycles. The Labute approximate surface area is 227 Å². The first kappa shape index (κ1) is 27.1. The maximum atomic E-state index is 14.4. The van der Waals surface area contributed by atoms with Gasteiger partial charge >= 0.3 is 6.18 Å². The molecule has 1 aromatic heterocycles. The van der Waals surface area contributed by atoms with Gasteiger partial charge in [-0.2, -0.15) is 18.3 Å². The largest absolute Gasteiger partial charge is 0.417 e. The lowest BCUT2D eigenvalue weighted by atomic mass is 9.84. The molecule has 204 valence electrons. The molecule has 7 nitrogen and oxygen atoms in total. The van der Waals surface area contributed by atoms with Gasteiger partial charge in [-0.05, 0) is 47.9 Å². The van der Waals surface area contributed by atoms with Gasteiger partial charge in [0.25, 0.3) is 5.91 Å². The van der Waals surface area contributed by atoms with E-state index in [9.17, 15) is 36.6 Å². The molecule has 4 aromatic rings. The van der Waals surface area contributed by atoms with Crippen LogP contribution >= 0.6 is 11.6 Å². The number of aryl methyl sites for hydroxylation is 1. The number of nitrogens with zero attached hydrogens (tertiary/aromatic N) is 2. The van der Waals surface area contributed by atoms with E-state index in [2.05, 4.69) is 22.3 Å². The number of hydrogen-bond acceptors (Lipinski definition) is 4. The van der Waals surface area contributed by atoms with E-state index in [1.165, 1.54) is 23.9 Å². The molecule has 1 unspecified atom stereocenters. The van der Waals surface area contributed by atoms with Crippen molar-refractivity contribution in [2.45, 2.75) is 12.2 Å². The predicted octanol–water partition coefficient (Wildman–Crippen LogP) is 4.47. The maximum Gasteiger partial charge on any atom is 0.417 e. The van der Waals surface area contributed by atoms with Gasteiger partial charge in [0.15, 0.2) is 0 Å². The standard InChI is InChI=1S/C27H16ClF5N4O3/c1-37-19(3-2-6-38)14-10-15(20-16(25(34)39)8-12(30)9-17(20)27(31,32)33)21-22(24(14)36-37)26(40)35-23(21)13-7-11(29)4-5-18(13)28/h4-5,7-10,23,38H,6H2,1H3,(H2,34,39)(H,35,40). The molecule has 0 bridgehead atoms. The lowest BCUT2D eigenvalue weighted by Crippen LogP contribution is -2.21. The summed E-state index contributed by atoms with van der Waals surface area (Å²) in [6.07, 6.45) is -5.17. The number of fused-ring (bicyclic) bond motifs is 3. The van der Waals surface area contributed by atoms with Crippen molar-refractivity contribution in [3.05, 3.63) is 86.6 Å². The average molecular weight is 575 g/mol. The highest BCUT2D eigenvalue weighted by Gasteiger charge is 2.42. The van der Waals surface area contributed by atoms with Crippen LogP contribution in [-0.2, 0) is 13.2 Å². The van der Waals surface area contributed by atoms with E-state index in [4.69, 9.17) is 17.3 Å². The smallest absolute Gasteiger partial charge is 0.384 e. The number of hydrogen-bond donors (Lipinski definition) is 3. The second-order valence-electron chi connectivity index (χ2n) is 8.85. The number of carbonyl (C=O) groups excluding carboxylic acids is 2. The molecule has 0 radical (unpaired) electrons. The van der Waals surface area contributed by atoms with Crippen molar-refractivity contribution in [2.24, 2.45) is 12.8 Å². The van der Waals surface area contributed by atoms with Crippen molar-refractivity contribution >= 4 is 34.3 Å². The molecule has 1 aliphatic heterocycles. The fourth-order valence-electron chi connectivity index (χ4n) is 4.91. The highest BCUT2D eigenvalue weighted by molar-refractivity contribution is 6.31. The Balaban J connectivity index is 2.02. The minimum atomic E-state index is -5.17. The number of rotatable bonds is 3. The van der Waals surface area contributed by atoms with Gasteiger partial charge in [0.05, 0.1) is 22.7 Å². The van der Waals surface area contributed by atoms with Crippen LogP contribution in [0.25, 0.3) is 22.0 Å². The van der Waals surface area contributed by atoms with Crippen LogP contribution in [0.15, 0.2) is 36.4 Å². The van der Waals surface area contributed by atoms with Gasteiger partial charge in [-0.15, -0.1) is 0 Å². The van der Waals surface area contributed by atoms with Gasteiger partial charge in [-0.25, -0.2) is 8.78 Å². The van der Waals surface area contributed by atoms with Crippen LogP contribution in [-0.4, -0.2) is 33.3 Å². The fraction of sp³-hybridized carbons (Fsp3) is 0.148. The molecular formula is C27H16ClF5N4O3. The minimum Gasteiger partial charge on any atom is -0.384 e. The number of amides is 2. The van der Waals surface area contributed by atoms with Crippen LogP contribution in [0.5, 0.6) is 0 Å². The molecule has 13 heteroatoms. The third-order valence-electron chi connectivity index (χ3n) is 6.46. The van der Waals surface area contributed by atoms with E-state index >= 15 is 0 Å². The Morgan fingerprint density at radius 1 is 1.18 bits per heavy atom. The zero-order chi connectivity index (χ0) is 29.1. The third kappa shape index (κ3) is 4.33. The third-order valence-corrected chi connectivity index (χ3v) is 6.80. The zero-order valence-electron chi connectivity index (χ0n) is 20.3. The van der Waals surface area contributed by atoms with Crippen LogP contribution in [0, 0.1) is 23.5 Å². The van der Waals surface area contributed by atoms with Gasteiger partial charge in [0.1, 0.15) is 29.5 Å². The number of aromatic nitrogens is 2. The van der Waals surface area contributed by atoms with Crippen LogP contribution < -0.4 is 11.1 Å². The van der Waals surface area contributed by atoms with Crippen molar-refractivity contribution in [2.75, 3.05) is 6.61 Å². The van der Waals surface area contributed by atoms with Gasteiger partial charge in [0.2, 0.25) is 5.91 Å². The lowest BCUT2D eigenvalue weighted by Gasteiger charge is -2.22. The number of nitrogens with one attached hydrogen (secondary N) is 1. The summed E-state index contributed by atoms with van der Waals surface area (Å²) in [5.74, 6) is 0.832. The molecule has 0 saturated carbocycles. The van der Waals surface area contributed by atoms with Crippen molar-refractivity contribution < 1.29 is 36.6 Å². The van der Waals surface area contributed by atoms with Crippen LogP contribution in [0.1, 0.15) is 49.1 Å². The summed E-state index contributed by atoms with van der Waals surface area (Å²) in [5.41, 5.74) is 1.85. The summed E-state index contributed by atoms with van der Waals surface area (Å²) >= 11 is 6.32. The van der Waals surface area contributed by atoms with Gasteiger partial charge in [0, 0.05) is 34.1 Å². The maximum absolute atomic E-state index is 14.4. The van der Waals surface area contributed by atoms with E-state index in [-0.39, 0.29) is 49.9 Å². The summed E-state index contributed by atoms with van der Waals surface area (Å²) in [6.45, 7) is -0.549. The number of alkyl halides is 3. The van der Waals surface area contributed by atoms with Crippen molar-refractivity contribution in [1.29, 1.82) is 0 Å². The quantitative estimate of drug-likeness (QED) is 0.248. The van der Waals surface area contributed by atoms with Gasteiger partial charge in [-0.1, -0.05) is 17.5 Å². The first-order valence-electron chi connectivity index (χ1n) is 11.4. The van der Waals surface area contributed by atoms with Crippen LogP contribution in [0.3, 0.4) is 0 Å². The van der Waals surface area contributed by atoms with Crippen LogP contribution in [0.4, 0.5) is 22.0 Å². The van der Waals surface area contributed by atoms with E-state index in [1.807, 2.05) is 0 Å². The first-order valence-corrected chi connectivity index (χ1v) is 11.8. The number of aliphatic hydroxyl groups is 1. The molecule has 0 saturated heterocycles. The minimum absolute atomic E-state index is 0.00797. The zero-order valence-corrected chi connectivity index (χ0v) is 21.0. The van der Waals surface area contributed by atoms with E-state index in [0.29, 0.717) is 6.07 Å². The monoisotopic (exact) mass is 574 g/mol. The van der Waals surface area contributed by atoms with Crippen molar-refractivity contribution in [3.63, 3.8) is 0 Å². The number of halogens is 6. The molecule has 1 atom stereocenters. The summed E-state index contributed by atoms with van der Waals surface area (Å²) in [6, 6.07) is 3.99. The van der Waals surface area contributed by atoms with Gasteiger partial charge in [-0.3, -0.25) is 14.3 Å². The molecule has 4 N–H and O–H groups in total. The lowest BCUT2D eigenvalue weighted by molar-refractivity contribution is -0.137. The average Bonchev–Trinajstić information content (AvgIpc) is 3.38. The second-order valence-corrected chi connectivity index (χ2v) is 9.26. The number of aliphatic hydroxyl groups excluding tert-OH is 1. The Kier molecular flexibility index (Phi) is 6.52. The Morgan fingerprint density at radius 2 is 1.90 bits per heavy atom. The predicted molar refractivity (Wildman–Crippen MR) is 134 cm³/mol. The van der Waals surface area contributed by atoms with Crippen LogP contribution in [0.2, 0.25) is 5.02 Å². The van der Waals surface area contributed by atoms with Crippen molar-refractivity contribution in [3.8, 4) is 23.0 Å². The Morgan fingerprint density at radius 3 is 2.55 bits per heavy atom. The van der Waals surface area contributed by atoms with E-state index in [1.54, 1.807) is 0 Å². The molecule has 40 heavy (non-hydrogen) atoms. The number of carbonyl (C=O) groups is 2. The number of benzene rings is 3. The second kappa shape index (κ2) is 9.62. The fourth-order valence-corrected chi connectivity index (χ4v) is 5.14. The van der Waals surface area contributed by atoms with E-state index < -0.39 is 59.0 Å². The van der Waals surface area contributed by atoms with Gasteiger partial charge < -0.3 is 16.2 Å². The topological polar surface area (TPSA) is 110 Å². The molecule has 0 spiro atoms. The molecular weight excluding hydrogens is 559 g/mol. The Bertz CT molecular complexity index is 1820. The first-order chi connectivity index (χ1) is 18.8. The van der Waals surface area contributed by atoms with Crippen molar-refractivity contribution in [1.82, 2.24) is 15.1 Å². The summed E-state index contributed by atoms with van der Waals surface area (Å²) < 4.78 is 73.0. The number of nitrogens with two attached hydrogens (primary N) is 1. The molecule has 5 rings (SSSR count). The van der Waals surface area contributed by atoms with E-state index in [0.717, 1.165) is 12.1 Å². The molecule has 2 amide bonds. The molecule has 0 aliphatic carbocycles. The SMILES string of the molecule is Cn1nc2c3c(c(-c4c(C(N)=O)cc(F)cc4C(F)(F)F)cc2c1C#CCO)C(c1cc(F)ccc1Cl)NC3=O. The summed E-state index contributed by atoms with van der Waals surface area (Å²) in [7, 11) is 1.47. The molecule has 1 aliphatic rings. The normalized spacial score (nSPS) is 14.6.